The number of ether oxygens (including phenoxy) is 1. The van der Waals surface area contributed by atoms with Gasteiger partial charge < -0.3 is 10.1 Å². The van der Waals surface area contributed by atoms with Crippen molar-refractivity contribution in [3.8, 4) is 5.75 Å². The summed E-state index contributed by atoms with van der Waals surface area (Å²) < 4.78 is 7.86. The van der Waals surface area contributed by atoms with Crippen molar-refractivity contribution in [1.82, 2.24) is 14.8 Å². The molecule has 0 saturated carbocycles. The van der Waals surface area contributed by atoms with E-state index in [0.717, 1.165) is 5.75 Å². The molecule has 3 rings (SSSR count). The van der Waals surface area contributed by atoms with E-state index in [0.29, 0.717) is 28.2 Å². The third kappa shape index (κ3) is 5.85. The number of aromatic nitrogens is 3. The van der Waals surface area contributed by atoms with E-state index in [1.807, 2.05) is 41.8 Å². The summed E-state index contributed by atoms with van der Waals surface area (Å²) in [6.45, 7) is 6.24. The number of hydrogen-bond acceptors (Lipinski definition) is 5. The minimum atomic E-state index is -0.304. The molecule has 1 atom stereocenters. The van der Waals surface area contributed by atoms with Crippen LogP contribution in [0.25, 0.3) is 0 Å². The topological polar surface area (TPSA) is 69.0 Å². The van der Waals surface area contributed by atoms with E-state index in [1.54, 1.807) is 30.3 Å². The molecule has 1 aromatic heterocycles. The van der Waals surface area contributed by atoms with Gasteiger partial charge in [-0.15, -0.1) is 16.8 Å². The zero-order valence-corrected chi connectivity index (χ0v) is 17.5. The number of para-hydroxylation sites is 1. The third-order valence-electron chi connectivity index (χ3n) is 3.94. The number of anilines is 1. The average Bonchev–Trinajstić information content (AvgIpc) is 3.12. The predicted octanol–water partition coefficient (Wildman–Crippen LogP) is 4.99. The molecule has 0 aliphatic heterocycles. The summed E-state index contributed by atoms with van der Waals surface area (Å²) >= 11 is 7.17. The van der Waals surface area contributed by atoms with Gasteiger partial charge in [0, 0.05) is 17.3 Å². The SMILES string of the molecule is C=CCn1c(SCC(=O)Nc2ccc(Cl)cc2)nnc1C(C)Oc1ccccc1. The fraction of sp³-hybridized carbons (Fsp3) is 0.190. The Morgan fingerprint density at radius 1 is 1.24 bits per heavy atom. The van der Waals surface area contributed by atoms with Gasteiger partial charge in [-0.1, -0.05) is 47.6 Å². The van der Waals surface area contributed by atoms with Crippen molar-refractivity contribution in [2.24, 2.45) is 0 Å². The maximum Gasteiger partial charge on any atom is 0.234 e. The summed E-state index contributed by atoms with van der Waals surface area (Å²) in [5.41, 5.74) is 0.693. The zero-order chi connectivity index (χ0) is 20.6. The molecule has 0 fully saturated rings. The summed E-state index contributed by atoms with van der Waals surface area (Å²) in [5, 5.41) is 12.6. The Bertz CT molecular complexity index is 961. The number of nitrogens with zero attached hydrogens (tertiary/aromatic N) is 3. The van der Waals surface area contributed by atoms with Crippen molar-refractivity contribution in [2.75, 3.05) is 11.1 Å². The van der Waals surface area contributed by atoms with Crippen LogP contribution in [0.3, 0.4) is 0 Å². The van der Waals surface area contributed by atoms with Crippen molar-refractivity contribution >= 4 is 35.0 Å². The van der Waals surface area contributed by atoms with Crippen LogP contribution in [0.4, 0.5) is 5.69 Å². The average molecular weight is 429 g/mol. The Hall–Kier alpha value is -2.77. The van der Waals surface area contributed by atoms with E-state index in [-0.39, 0.29) is 17.8 Å². The molecule has 0 saturated heterocycles. The molecule has 3 aromatic rings. The molecule has 6 nitrogen and oxygen atoms in total. The van der Waals surface area contributed by atoms with Crippen LogP contribution >= 0.6 is 23.4 Å². The first kappa shape index (κ1) is 21.0. The maximum atomic E-state index is 12.3. The van der Waals surface area contributed by atoms with Crippen LogP contribution in [0.1, 0.15) is 18.9 Å². The lowest BCUT2D eigenvalue weighted by Gasteiger charge is -2.15. The summed E-state index contributed by atoms with van der Waals surface area (Å²) in [6.07, 6.45) is 1.46. The number of allylic oxidation sites excluding steroid dienone is 1. The Balaban J connectivity index is 1.65. The maximum absolute atomic E-state index is 12.3. The van der Waals surface area contributed by atoms with Gasteiger partial charge in [-0.3, -0.25) is 9.36 Å². The van der Waals surface area contributed by atoms with Crippen molar-refractivity contribution < 1.29 is 9.53 Å². The van der Waals surface area contributed by atoms with Crippen LogP contribution < -0.4 is 10.1 Å². The molecule has 150 valence electrons. The smallest absolute Gasteiger partial charge is 0.234 e. The largest absolute Gasteiger partial charge is 0.483 e. The number of carbonyl (C=O) groups is 1. The number of thioether (sulfide) groups is 1. The lowest BCUT2D eigenvalue weighted by molar-refractivity contribution is -0.113. The summed E-state index contributed by atoms with van der Waals surface area (Å²) in [5.74, 6) is 1.49. The Kier molecular flexibility index (Phi) is 7.32. The second-order valence-corrected chi connectivity index (χ2v) is 7.54. The van der Waals surface area contributed by atoms with Crippen molar-refractivity contribution in [1.29, 1.82) is 0 Å². The number of rotatable bonds is 9. The van der Waals surface area contributed by atoms with E-state index in [4.69, 9.17) is 16.3 Å². The highest BCUT2D eigenvalue weighted by Crippen LogP contribution is 2.25. The normalized spacial score (nSPS) is 11.7. The first-order chi connectivity index (χ1) is 14.1. The summed E-state index contributed by atoms with van der Waals surface area (Å²) in [6, 6.07) is 16.5. The lowest BCUT2D eigenvalue weighted by atomic mass is 10.3. The van der Waals surface area contributed by atoms with Crippen LogP contribution in [0.2, 0.25) is 5.02 Å². The first-order valence-corrected chi connectivity index (χ1v) is 10.4. The third-order valence-corrected chi connectivity index (χ3v) is 5.16. The van der Waals surface area contributed by atoms with Crippen LogP contribution in [-0.2, 0) is 11.3 Å². The lowest BCUT2D eigenvalue weighted by Crippen LogP contribution is -2.15. The first-order valence-electron chi connectivity index (χ1n) is 9.00. The van der Waals surface area contributed by atoms with E-state index in [9.17, 15) is 4.79 Å². The molecule has 1 N–H and O–H groups in total. The fourth-order valence-electron chi connectivity index (χ4n) is 2.62. The van der Waals surface area contributed by atoms with Gasteiger partial charge in [-0.05, 0) is 43.3 Å². The molecule has 0 bridgehead atoms. The van der Waals surface area contributed by atoms with Crippen molar-refractivity contribution in [3.63, 3.8) is 0 Å². The Morgan fingerprint density at radius 2 is 1.97 bits per heavy atom. The van der Waals surface area contributed by atoms with Gasteiger partial charge >= 0.3 is 0 Å². The molecule has 29 heavy (non-hydrogen) atoms. The molecule has 1 heterocycles. The Labute approximate surface area is 178 Å². The van der Waals surface area contributed by atoms with Gasteiger partial charge in [0.15, 0.2) is 17.1 Å². The molecule has 1 unspecified atom stereocenters. The summed E-state index contributed by atoms with van der Waals surface area (Å²) in [7, 11) is 0. The number of halogens is 1. The van der Waals surface area contributed by atoms with E-state index in [1.165, 1.54) is 11.8 Å². The van der Waals surface area contributed by atoms with E-state index in [2.05, 4.69) is 22.1 Å². The molecule has 0 aliphatic rings. The standard InChI is InChI=1S/C21H21ClN4O2S/c1-3-13-26-20(15(2)28-18-7-5-4-6-8-18)24-25-21(26)29-14-19(27)23-17-11-9-16(22)10-12-17/h3-12,15H,1,13-14H2,2H3,(H,23,27). The van der Waals surface area contributed by atoms with Crippen LogP contribution in [0, 0.1) is 0 Å². The number of nitrogens with one attached hydrogen (secondary N) is 1. The number of carbonyl (C=O) groups excluding carboxylic acids is 1. The van der Waals surface area contributed by atoms with Gasteiger partial charge in [0.1, 0.15) is 5.75 Å². The minimum absolute atomic E-state index is 0.138. The highest BCUT2D eigenvalue weighted by atomic mass is 35.5. The second-order valence-electron chi connectivity index (χ2n) is 6.16. The molecule has 2 aromatic carbocycles. The van der Waals surface area contributed by atoms with Gasteiger partial charge in [0.2, 0.25) is 5.91 Å². The number of amides is 1. The molecular weight excluding hydrogens is 408 g/mol. The molecule has 0 radical (unpaired) electrons. The minimum Gasteiger partial charge on any atom is -0.483 e. The highest BCUT2D eigenvalue weighted by molar-refractivity contribution is 7.99. The highest BCUT2D eigenvalue weighted by Gasteiger charge is 2.19. The van der Waals surface area contributed by atoms with Crippen LogP contribution in [-0.4, -0.2) is 26.4 Å². The zero-order valence-electron chi connectivity index (χ0n) is 15.9. The van der Waals surface area contributed by atoms with Crippen LogP contribution in [0.15, 0.2) is 72.4 Å². The predicted molar refractivity (Wildman–Crippen MR) is 117 cm³/mol. The molecule has 0 aliphatic carbocycles. The molecule has 0 spiro atoms. The molecule has 8 heteroatoms. The van der Waals surface area contributed by atoms with Gasteiger partial charge in [0.05, 0.1) is 5.75 Å². The molecular formula is C21H21ClN4O2S. The van der Waals surface area contributed by atoms with E-state index >= 15 is 0 Å². The quantitative estimate of drug-likeness (QED) is 0.384. The van der Waals surface area contributed by atoms with Gasteiger partial charge in [0.25, 0.3) is 0 Å². The monoisotopic (exact) mass is 428 g/mol. The van der Waals surface area contributed by atoms with Gasteiger partial charge in [-0.2, -0.15) is 0 Å². The summed E-state index contributed by atoms with van der Waals surface area (Å²) in [4.78, 5) is 12.3. The number of benzene rings is 2. The van der Waals surface area contributed by atoms with Gasteiger partial charge in [-0.25, -0.2) is 0 Å². The second kappa shape index (κ2) is 10.1. The van der Waals surface area contributed by atoms with Crippen molar-refractivity contribution in [2.45, 2.75) is 24.7 Å². The molecule has 1 amide bonds. The fourth-order valence-corrected chi connectivity index (χ4v) is 3.51. The number of hydrogen-bond donors (Lipinski definition) is 1. The van der Waals surface area contributed by atoms with Crippen molar-refractivity contribution in [3.05, 3.63) is 78.1 Å². The van der Waals surface area contributed by atoms with E-state index < -0.39 is 0 Å². The Morgan fingerprint density at radius 3 is 2.66 bits per heavy atom. The van der Waals surface area contributed by atoms with Crippen LogP contribution in [0.5, 0.6) is 5.75 Å².